The summed E-state index contributed by atoms with van der Waals surface area (Å²) in [5.74, 6) is 7.59. The number of rotatable bonds is 2. The molecule has 1 aliphatic rings. The van der Waals surface area contributed by atoms with Crippen molar-refractivity contribution in [2.24, 2.45) is 11.8 Å². The molecule has 0 spiro atoms. The Balaban J connectivity index is 1.81. The van der Waals surface area contributed by atoms with Gasteiger partial charge in [-0.2, -0.15) is 0 Å². The van der Waals surface area contributed by atoms with Gasteiger partial charge in [0.2, 0.25) is 0 Å². The minimum Gasteiger partial charge on any atom is -0.507 e. The number of aromatic hydroxyl groups is 1. The van der Waals surface area contributed by atoms with Crippen LogP contribution in [-0.4, -0.2) is 27.0 Å². The third-order valence-corrected chi connectivity index (χ3v) is 4.52. The normalized spacial score (nSPS) is 20.2. The Morgan fingerprint density at radius 1 is 1.12 bits per heavy atom. The number of hydrogen-bond acceptors (Lipinski definition) is 5. The zero-order valence-electron chi connectivity index (χ0n) is 13.4. The molecule has 0 radical (unpaired) electrons. The molecule has 1 aromatic heterocycles. The molecular formula is C19H21N3O2. The lowest BCUT2D eigenvalue weighted by molar-refractivity contribution is 0.179. The number of nitrogen functional groups attached to an aromatic ring is 1. The SMILES string of the molecule is Nc1nnc(-c2ccccc2O)cc1C#CC1CCC(CO)CC1. The summed E-state index contributed by atoms with van der Waals surface area (Å²) in [7, 11) is 0. The first-order valence-electron chi connectivity index (χ1n) is 8.21. The van der Waals surface area contributed by atoms with Gasteiger partial charge in [-0.15, -0.1) is 10.2 Å². The average molecular weight is 323 g/mol. The van der Waals surface area contributed by atoms with E-state index in [2.05, 4.69) is 22.0 Å². The minimum absolute atomic E-state index is 0.151. The molecule has 124 valence electrons. The van der Waals surface area contributed by atoms with Gasteiger partial charge in [0.15, 0.2) is 5.82 Å². The molecule has 1 fully saturated rings. The summed E-state index contributed by atoms with van der Waals surface area (Å²) in [5, 5.41) is 27.2. The van der Waals surface area contributed by atoms with E-state index in [9.17, 15) is 10.2 Å². The number of para-hydroxylation sites is 1. The fourth-order valence-corrected chi connectivity index (χ4v) is 2.99. The largest absolute Gasteiger partial charge is 0.507 e. The number of aromatic nitrogens is 2. The highest BCUT2D eigenvalue weighted by Gasteiger charge is 2.19. The van der Waals surface area contributed by atoms with Gasteiger partial charge in [0.1, 0.15) is 5.75 Å². The van der Waals surface area contributed by atoms with Gasteiger partial charge in [0.25, 0.3) is 0 Å². The number of anilines is 1. The molecule has 0 bridgehead atoms. The van der Waals surface area contributed by atoms with Gasteiger partial charge in [0, 0.05) is 18.1 Å². The van der Waals surface area contributed by atoms with Crippen LogP contribution in [-0.2, 0) is 0 Å². The fraction of sp³-hybridized carbons (Fsp3) is 0.368. The molecule has 1 aromatic carbocycles. The van der Waals surface area contributed by atoms with Crippen molar-refractivity contribution in [3.63, 3.8) is 0 Å². The van der Waals surface area contributed by atoms with Gasteiger partial charge in [-0.1, -0.05) is 24.0 Å². The number of phenols is 1. The van der Waals surface area contributed by atoms with Gasteiger partial charge >= 0.3 is 0 Å². The van der Waals surface area contributed by atoms with Crippen molar-refractivity contribution >= 4 is 5.82 Å². The van der Waals surface area contributed by atoms with Crippen molar-refractivity contribution in [3.8, 4) is 28.8 Å². The first kappa shape index (κ1) is 16.3. The van der Waals surface area contributed by atoms with Crippen LogP contribution in [0.5, 0.6) is 5.75 Å². The van der Waals surface area contributed by atoms with Crippen LogP contribution in [0.1, 0.15) is 31.2 Å². The maximum Gasteiger partial charge on any atom is 0.161 e. The molecule has 5 heteroatoms. The van der Waals surface area contributed by atoms with Gasteiger partial charge in [0.05, 0.1) is 11.3 Å². The van der Waals surface area contributed by atoms with Crippen LogP contribution in [0, 0.1) is 23.7 Å². The van der Waals surface area contributed by atoms with Crippen molar-refractivity contribution in [3.05, 3.63) is 35.9 Å². The quantitative estimate of drug-likeness (QED) is 0.739. The Morgan fingerprint density at radius 3 is 2.58 bits per heavy atom. The smallest absolute Gasteiger partial charge is 0.161 e. The summed E-state index contributed by atoms with van der Waals surface area (Å²) >= 11 is 0. The predicted molar refractivity (Wildman–Crippen MR) is 93.0 cm³/mol. The second kappa shape index (κ2) is 7.33. The maximum atomic E-state index is 9.95. The number of aliphatic hydroxyl groups is 1. The molecule has 3 rings (SSSR count). The predicted octanol–water partition coefficient (Wildman–Crippen LogP) is 2.58. The average Bonchev–Trinajstić information content (AvgIpc) is 2.62. The third kappa shape index (κ3) is 3.66. The van der Waals surface area contributed by atoms with E-state index in [1.54, 1.807) is 24.3 Å². The number of aliphatic hydroxyl groups excluding tert-OH is 1. The third-order valence-electron chi connectivity index (χ3n) is 4.52. The highest BCUT2D eigenvalue weighted by Crippen LogP contribution is 2.29. The first-order valence-corrected chi connectivity index (χ1v) is 8.21. The Hall–Kier alpha value is -2.58. The van der Waals surface area contributed by atoms with E-state index in [4.69, 9.17) is 5.73 Å². The topological polar surface area (TPSA) is 92.3 Å². The number of nitrogens with two attached hydrogens (primary N) is 1. The van der Waals surface area contributed by atoms with E-state index >= 15 is 0 Å². The summed E-state index contributed by atoms with van der Waals surface area (Å²) in [4.78, 5) is 0. The van der Waals surface area contributed by atoms with E-state index in [0.29, 0.717) is 34.5 Å². The molecule has 1 heterocycles. The van der Waals surface area contributed by atoms with Crippen molar-refractivity contribution in [2.75, 3.05) is 12.3 Å². The molecule has 0 amide bonds. The van der Waals surface area contributed by atoms with Crippen LogP contribution in [0.2, 0.25) is 0 Å². The molecule has 0 atom stereocenters. The standard InChI is InChI=1S/C19H21N3O2/c20-19-15(10-9-13-5-7-14(12-23)8-6-13)11-17(21-22-19)16-3-1-2-4-18(16)24/h1-4,11,13-14,23-24H,5-8,12H2,(H2,20,22). The summed E-state index contributed by atoms with van der Waals surface area (Å²) in [5.41, 5.74) is 7.68. The number of hydrogen-bond donors (Lipinski definition) is 3. The Bertz CT molecular complexity index is 772. The second-order valence-corrected chi connectivity index (χ2v) is 6.22. The lowest BCUT2D eigenvalue weighted by Crippen LogP contribution is -2.16. The van der Waals surface area contributed by atoms with Crippen LogP contribution < -0.4 is 5.73 Å². The molecule has 0 saturated heterocycles. The Labute approximate surface area is 141 Å². The van der Waals surface area contributed by atoms with Crippen LogP contribution in [0.3, 0.4) is 0 Å². The Kier molecular flexibility index (Phi) is 4.97. The Morgan fingerprint density at radius 2 is 1.88 bits per heavy atom. The molecule has 0 unspecified atom stereocenters. The summed E-state index contributed by atoms with van der Waals surface area (Å²) in [6.07, 6.45) is 4.04. The zero-order valence-corrected chi connectivity index (χ0v) is 13.4. The first-order chi connectivity index (χ1) is 11.7. The van der Waals surface area contributed by atoms with Crippen molar-refractivity contribution in [1.82, 2.24) is 10.2 Å². The van der Waals surface area contributed by atoms with E-state index in [1.165, 1.54) is 0 Å². The summed E-state index contributed by atoms with van der Waals surface area (Å²) in [6.45, 7) is 0.269. The highest BCUT2D eigenvalue weighted by atomic mass is 16.3. The monoisotopic (exact) mass is 323 g/mol. The molecule has 0 aliphatic heterocycles. The van der Waals surface area contributed by atoms with Crippen LogP contribution >= 0.6 is 0 Å². The molecule has 2 aromatic rings. The molecule has 1 saturated carbocycles. The lowest BCUT2D eigenvalue weighted by atomic mass is 9.83. The van der Waals surface area contributed by atoms with Crippen molar-refractivity contribution in [2.45, 2.75) is 25.7 Å². The molecular weight excluding hydrogens is 302 g/mol. The van der Waals surface area contributed by atoms with Crippen LogP contribution in [0.15, 0.2) is 30.3 Å². The van der Waals surface area contributed by atoms with E-state index < -0.39 is 0 Å². The number of benzene rings is 1. The minimum atomic E-state index is 0.151. The van der Waals surface area contributed by atoms with E-state index in [0.717, 1.165) is 25.7 Å². The van der Waals surface area contributed by atoms with Crippen molar-refractivity contribution < 1.29 is 10.2 Å². The number of nitrogens with zero attached hydrogens (tertiary/aromatic N) is 2. The fourth-order valence-electron chi connectivity index (χ4n) is 2.99. The molecule has 5 nitrogen and oxygen atoms in total. The van der Waals surface area contributed by atoms with E-state index in [1.807, 2.05) is 6.07 Å². The van der Waals surface area contributed by atoms with Crippen LogP contribution in [0.25, 0.3) is 11.3 Å². The van der Waals surface area contributed by atoms with Gasteiger partial charge < -0.3 is 15.9 Å². The number of phenolic OH excluding ortho intramolecular Hbond substituents is 1. The molecule has 24 heavy (non-hydrogen) atoms. The summed E-state index contributed by atoms with van der Waals surface area (Å²) < 4.78 is 0. The van der Waals surface area contributed by atoms with Gasteiger partial charge in [-0.3, -0.25) is 0 Å². The summed E-state index contributed by atoms with van der Waals surface area (Å²) in [6, 6.07) is 8.75. The molecule has 1 aliphatic carbocycles. The maximum absolute atomic E-state index is 9.95. The lowest BCUT2D eigenvalue weighted by Gasteiger charge is -2.23. The molecule has 4 N–H and O–H groups in total. The highest BCUT2D eigenvalue weighted by molar-refractivity contribution is 5.69. The zero-order chi connectivity index (χ0) is 16.9. The second-order valence-electron chi connectivity index (χ2n) is 6.22. The van der Waals surface area contributed by atoms with Crippen LogP contribution in [0.4, 0.5) is 5.82 Å². The van der Waals surface area contributed by atoms with Gasteiger partial charge in [-0.05, 0) is 49.8 Å². The van der Waals surface area contributed by atoms with Gasteiger partial charge in [-0.25, -0.2) is 0 Å². The van der Waals surface area contributed by atoms with Crippen molar-refractivity contribution in [1.29, 1.82) is 0 Å². The van der Waals surface area contributed by atoms with E-state index in [-0.39, 0.29) is 12.4 Å².